The van der Waals surface area contributed by atoms with Crippen molar-refractivity contribution in [2.24, 2.45) is 0 Å². The molecule has 1 amide bonds. The number of carbonyl (C=O) groups excluding carboxylic acids is 1. The molecule has 24 heavy (non-hydrogen) atoms. The highest BCUT2D eigenvalue weighted by atomic mass is 32.2. The van der Waals surface area contributed by atoms with Crippen molar-refractivity contribution in [2.75, 3.05) is 7.05 Å². The molecule has 0 aliphatic rings. The second-order valence-electron chi connectivity index (χ2n) is 5.22. The molecule has 0 radical (unpaired) electrons. The van der Waals surface area contributed by atoms with Gasteiger partial charge in [-0.3, -0.25) is 4.79 Å². The molecule has 0 aliphatic carbocycles. The predicted molar refractivity (Wildman–Crippen MR) is 93.7 cm³/mol. The van der Waals surface area contributed by atoms with E-state index in [-0.39, 0.29) is 16.7 Å². The molecule has 1 aromatic carbocycles. The van der Waals surface area contributed by atoms with E-state index in [0.29, 0.717) is 5.75 Å². The molecule has 6 nitrogen and oxygen atoms in total. The van der Waals surface area contributed by atoms with Crippen molar-refractivity contribution in [3.05, 3.63) is 46.8 Å². The van der Waals surface area contributed by atoms with E-state index in [1.807, 2.05) is 31.2 Å². The van der Waals surface area contributed by atoms with Crippen molar-refractivity contribution in [2.45, 2.75) is 30.7 Å². The van der Waals surface area contributed by atoms with Crippen LogP contribution in [0.3, 0.4) is 0 Å². The van der Waals surface area contributed by atoms with Gasteiger partial charge in [-0.05, 0) is 45.2 Å². The van der Waals surface area contributed by atoms with E-state index in [0.717, 1.165) is 21.8 Å². The van der Waals surface area contributed by atoms with Gasteiger partial charge in [-0.2, -0.15) is 0 Å². The Bertz CT molecular complexity index is 798. The molecule has 2 aromatic rings. The maximum absolute atomic E-state index is 12.1. The zero-order chi connectivity index (χ0) is 17.7. The van der Waals surface area contributed by atoms with Gasteiger partial charge < -0.3 is 10.1 Å². The quantitative estimate of drug-likeness (QED) is 0.783. The molecule has 8 heteroatoms. The van der Waals surface area contributed by atoms with Crippen molar-refractivity contribution in [3.63, 3.8) is 0 Å². The molecule has 2 N–H and O–H groups in total. The summed E-state index contributed by atoms with van der Waals surface area (Å²) in [6, 6.07) is 10.6. The summed E-state index contributed by atoms with van der Waals surface area (Å²) in [5.41, 5.74) is 1.12. The van der Waals surface area contributed by atoms with Crippen LogP contribution in [0.25, 0.3) is 0 Å². The first-order chi connectivity index (χ1) is 11.3. The SMILES string of the molecule is CNS(=O)(=O)c1ccc(CNC(=O)C(C)Oc2ccc(C)cc2)s1. The molecule has 0 aliphatic heterocycles. The van der Waals surface area contributed by atoms with Gasteiger partial charge in [0.1, 0.15) is 9.96 Å². The first-order valence-corrected chi connectivity index (χ1v) is 9.65. The van der Waals surface area contributed by atoms with E-state index in [4.69, 9.17) is 4.74 Å². The Kier molecular flexibility index (Phi) is 5.98. The Morgan fingerprint density at radius 3 is 2.50 bits per heavy atom. The topological polar surface area (TPSA) is 84.5 Å². The third-order valence-corrected chi connectivity index (χ3v) is 6.30. The Morgan fingerprint density at radius 2 is 1.88 bits per heavy atom. The van der Waals surface area contributed by atoms with Crippen molar-refractivity contribution in [3.8, 4) is 5.75 Å². The van der Waals surface area contributed by atoms with Crippen molar-refractivity contribution >= 4 is 27.3 Å². The zero-order valence-corrected chi connectivity index (χ0v) is 15.3. The van der Waals surface area contributed by atoms with Crippen LogP contribution in [0.2, 0.25) is 0 Å². The van der Waals surface area contributed by atoms with Crippen LogP contribution < -0.4 is 14.8 Å². The Morgan fingerprint density at radius 1 is 1.21 bits per heavy atom. The highest BCUT2D eigenvalue weighted by molar-refractivity contribution is 7.91. The van der Waals surface area contributed by atoms with Crippen molar-refractivity contribution < 1.29 is 17.9 Å². The number of hydrogen-bond acceptors (Lipinski definition) is 5. The molecule has 130 valence electrons. The lowest BCUT2D eigenvalue weighted by molar-refractivity contribution is -0.127. The van der Waals surface area contributed by atoms with E-state index < -0.39 is 16.1 Å². The lowest BCUT2D eigenvalue weighted by Gasteiger charge is -2.14. The fraction of sp³-hybridized carbons (Fsp3) is 0.312. The molecular formula is C16H20N2O4S2. The number of amides is 1. The Balaban J connectivity index is 1.89. The maximum atomic E-state index is 12.1. The normalized spacial score (nSPS) is 12.6. The summed E-state index contributed by atoms with van der Waals surface area (Å²) >= 11 is 1.12. The van der Waals surface area contributed by atoms with Gasteiger partial charge in [0.2, 0.25) is 10.0 Å². The maximum Gasteiger partial charge on any atom is 0.261 e. The minimum atomic E-state index is -3.45. The van der Waals surface area contributed by atoms with Crippen LogP contribution in [0, 0.1) is 6.92 Å². The second kappa shape index (κ2) is 7.78. The number of carbonyl (C=O) groups is 1. The monoisotopic (exact) mass is 368 g/mol. The standard InChI is InChI=1S/C16H20N2O4S2/c1-11-4-6-13(7-5-11)22-12(2)16(19)18-10-14-8-9-15(23-14)24(20,21)17-3/h4-9,12,17H,10H2,1-3H3,(H,18,19). The molecule has 0 bridgehead atoms. The van der Waals surface area contributed by atoms with Crippen molar-refractivity contribution in [1.82, 2.24) is 10.0 Å². The summed E-state index contributed by atoms with van der Waals surface area (Å²) in [7, 11) is -2.08. The van der Waals surface area contributed by atoms with Crippen LogP contribution in [0.4, 0.5) is 0 Å². The van der Waals surface area contributed by atoms with Crippen molar-refractivity contribution in [1.29, 1.82) is 0 Å². The van der Waals surface area contributed by atoms with Crippen LogP contribution in [-0.2, 0) is 21.4 Å². The van der Waals surface area contributed by atoms with Gasteiger partial charge in [0.25, 0.3) is 5.91 Å². The van der Waals surface area contributed by atoms with Gasteiger partial charge in [0.05, 0.1) is 6.54 Å². The smallest absolute Gasteiger partial charge is 0.261 e. The molecule has 1 unspecified atom stereocenters. The molecule has 0 saturated carbocycles. The number of ether oxygens (including phenoxy) is 1. The van der Waals surface area contributed by atoms with Crippen LogP contribution in [-0.4, -0.2) is 27.5 Å². The van der Waals surface area contributed by atoms with Gasteiger partial charge in [-0.25, -0.2) is 13.1 Å². The number of thiophene rings is 1. The lowest BCUT2D eigenvalue weighted by Crippen LogP contribution is -2.35. The van der Waals surface area contributed by atoms with Crippen LogP contribution in [0.1, 0.15) is 17.4 Å². The molecular weight excluding hydrogens is 348 g/mol. The van der Waals surface area contributed by atoms with Gasteiger partial charge in [0.15, 0.2) is 6.10 Å². The summed E-state index contributed by atoms with van der Waals surface area (Å²) in [6.07, 6.45) is -0.645. The fourth-order valence-corrected chi connectivity index (χ4v) is 4.02. The summed E-state index contributed by atoms with van der Waals surface area (Å²) in [5, 5.41) is 2.74. The Hall–Kier alpha value is -1.90. The van der Waals surface area contributed by atoms with Crippen LogP contribution >= 0.6 is 11.3 Å². The minimum Gasteiger partial charge on any atom is -0.481 e. The average Bonchev–Trinajstić information content (AvgIpc) is 3.04. The largest absolute Gasteiger partial charge is 0.481 e. The number of sulfonamides is 1. The lowest BCUT2D eigenvalue weighted by atomic mass is 10.2. The first kappa shape index (κ1) is 18.4. The highest BCUT2D eigenvalue weighted by Gasteiger charge is 2.17. The molecule has 2 rings (SSSR count). The number of nitrogens with one attached hydrogen (secondary N) is 2. The summed E-state index contributed by atoms with van der Waals surface area (Å²) in [6.45, 7) is 3.90. The summed E-state index contributed by atoms with van der Waals surface area (Å²) in [5.74, 6) is 0.365. The molecule has 1 aromatic heterocycles. The number of aryl methyl sites for hydroxylation is 1. The van der Waals surface area contributed by atoms with Gasteiger partial charge in [0, 0.05) is 4.88 Å². The van der Waals surface area contributed by atoms with E-state index >= 15 is 0 Å². The molecule has 0 saturated heterocycles. The zero-order valence-electron chi connectivity index (χ0n) is 13.7. The Labute approximate surface area is 145 Å². The fourth-order valence-electron chi connectivity index (χ4n) is 1.89. The predicted octanol–water partition coefficient (Wildman–Crippen LogP) is 2.05. The van der Waals surface area contributed by atoms with E-state index in [9.17, 15) is 13.2 Å². The first-order valence-electron chi connectivity index (χ1n) is 7.35. The third kappa shape index (κ3) is 4.80. The number of benzene rings is 1. The molecule has 0 spiro atoms. The van der Waals surface area contributed by atoms with E-state index in [1.165, 1.54) is 13.1 Å². The molecule has 1 heterocycles. The number of rotatable bonds is 7. The average molecular weight is 368 g/mol. The highest BCUT2D eigenvalue weighted by Crippen LogP contribution is 2.21. The molecule has 0 fully saturated rings. The van der Waals surface area contributed by atoms with Gasteiger partial charge in [-0.15, -0.1) is 11.3 Å². The minimum absolute atomic E-state index is 0.221. The summed E-state index contributed by atoms with van der Waals surface area (Å²) in [4.78, 5) is 12.8. The third-order valence-electron chi connectivity index (χ3n) is 3.31. The van der Waals surface area contributed by atoms with Gasteiger partial charge in [-0.1, -0.05) is 17.7 Å². The van der Waals surface area contributed by atoms with Gasteiger partial charge >= 0.3 is 0 Å². The number of hydrogen-bond donors (Lipinski definition) is 2. The van der Waals surface area contributed by atoms with E-state index in [2.05, 4.69) is 10.0 Å². The summed E-state index contributed by atoms with van der Waals surface area (Å²) < 4.78 is 31.4. The second-order valence-corrected chi connectivity index (χ2v) is 8.50. The van der Waals surface area contributed by atoms with Crippen LogP contribution in [0.5, 0.6) is 5.75 Å². The van der Waals surface area contributed by atoms with E-state index in [1.54, 1.807) is 13.0 Å². The molecule has 1 atom stereocenters. The van der Waals surface area contributed by atoms with Crippen LogP contribution in [0.15, 0.2) is 40.6 Å².